The third kappa shape index (κ3) is 2.70. The van der Waals surface area contributed by atoms with E-state index < -0.39 is 0 Å². The highest BCUT2D eigenvalue weighted by Crippen LogP contribution is 2.18. The molecule has 0 bridgehead atoms. The molecule has 0 aromatic heterocycles. The Labute approximate surface area is 118 Å². The molecule has 0 aliphatic carbocycles. The molecule has 1 aromatic carbocycles. The van der Waals surface area contributed by atoms with Crippen LogP contribution in [-0.2, 0) is 22.5 Å². The fourth-order valence-electron chi connectivity index (χ4n) is 2.88. The first-order chi connectivity index (χ1) is 9.78. The van der Waals surface area contributed by atoms with E-state index in [1.807, 2.05) is 12.1 Å². The number of hydrogen-bond acceptors (Lipinski definition) is 4. The van der Waals surface area contributed by atoms with Crippen molar-refractivity contribution in [3.05, 3.63) is 35.4 Å². The zero-order valence-electron chi connectivity index (χ0n) is 11.4. The van der Waals surface area contributed by atoms with Crippen molar-refractivity contribution in [1.82, 2.24) is 10.2 Å². The van der Waals surface area contributed by atoms with Crippen LogP contribution in [0.4, 0.5) is 0 Å². The normalized spacial score (nSPS) is 26.1. The number of carbonyl (C=O) groups is 1. The van der Waals surface area contributed by atoms with Crippen molar-refractivity contribution >= 4 is 5.91 Å². The first-order valence-electron chi connectivity index (χ1n) is 7.09. The smallest absolute Gasteiger partial charge is 0.240 e. The van der Waals surface area contributed by atoms with E-state index in [1.165, 1.54) is 11.1 Å². The number of ether oxygens (including phenoxy) is 1. The van der Waals surface area contributed by atoms with Crippen molar-refractivity contribution in [2.75, 3.05) is 26.3 Å². The van der Waals surface area contributed by atoms with Gasteiger partial charge in [-0.3, -0.25) is 4.79 Å². The van der Waals surface area contributed by atoms with Crippen LogP contribution in [0.3, 0.4) is 0 Å². The molecule has 3 rings (SSSR count). The van der Waals surface area contributed by atoms with Crippen LogP contribution in [0.5, 0.6) is 0 Å². The summed E-state index contributed by atoms with van der Waals surface area (Å²) in [4.78, 5) is 14.4. The summed E-state index contributed by atoms with van der Waals surface area (Å²) in [6.45, 7) is 2.29. The molecule has 0 radical (unpaired) electrons. The number of rotatable bonds is 2. The minimum atomic E-state index is -0.247. The highest BCUT2D eigenvalue weighted by molar-refractivity contribution is 5.82. The van der Waals surface area contributed by atoms with Gasteiger partial charge in [0.15, 0.2) is 0 Å². The largest absolute Gasteiger partial charge is 0.394 e. The molecular formula is C15H20N2O3. The number of aliphatic hydroxyl groups excluding tert-OH is 1. The number of aliphatic hydroxyl groups is 1. The van der Waals surface area contributed by atoms with Crippen LogP contribution in [0.2, 0.25) is 0 Å². The Bertz CT molecular complexity index is 492. The molecule has 1 saturated heterocycles. The SMILES string of the molecule is O=C([C@@H]1Cc2ccccc2CN1)N1CCOC(CO)C1. The van der Waals surface area contributed by atoms with Crippen molar-refractivity contribution < 1.29 is 14.6 Å². The zero-order valence-corrected chi connectivity index (χ0v) is 11.4. The van der Waals surface area contributed by atoms with Gasteiger partial charge in [-0.15, -0.1) is 0 Å². The molecule has 1 fully saturated rings. The molecule has 1 amide bonds. The summed E-state index contributed by atoms with van der Waals surface area (Å²) in [5.74, 6) is 0.112. The monoisotopic (exact) mass is 276 g/mol. The van der Waals surface area contributed by atoms with E-state index in [0.29, 0.717) is 19.7 Å². The van der Waals surface area contributed by atoms with Gasteiger partial charge in [0.05, 0.1) is 25.4 Å². The number of hydrogen-bond donors (Lipinski definition) is 2. The molecule has 2 aliphatic rings. The molecule has 108 valence electrons. The number of morpholine rings is 1. The van der Waals surface area contributed by atoms with Crippen molar-refractivity contribution in [1.29, 1.82) is 0 Å². The highest BCUT2D eigenvalue weighted by atomic mass is 16.5. The topological polar surface area (TPSA) is 61.8 Å². The number of amides is 1. The van der Waals surface area contributed by atoms with E-state index in [-0.39, 0.29) is 24.7 Å². The van der Waals surface area contributed by atoms with E-state index in [0.717, 1.165) is 13.0 Å². The summed E-state index contributed by atoms with van der Waals surface area (Å²) >= 11 is 0. The molecule has 0 spiro atoms. The Hall–Kier alpha value is -1.43. The average molecular weight is 276 g/mol. The lowest BCUT2D eigenvalue weighted by atomic mass is 9.95. The lowest BCUT2D eigenvalue weighted by Crippen LogP contribution is -2.54. The Morgan fingerprint density at radius 1 is 1.40 bits per heavy atom. The average Bonchev–Trinajstić information content (AvgIpc) is 2.53. The van der Waals surface area contributed by atoms with Gasteiger partial charge in [0.1, 0.15) is 0 Å². The molecule has 1 unspecified atom stereocenters. The van der Waals surface area contributed by atoms with E-state index in [9.17, 15) is 4.79 Å². The molecular weight excluding hydrogens is 256 g/mol. The first kappa shape index (κ1) is 13.5. The van der Waals surface area contributed by atoms with Crippen molar-refractivity contribution in [3.63, 3.8) is 0 Å². The standard InChI is InChI=1S/C15H20N2O3/c18-10-13-9-17(5-6-20-13)15(19)14-7-11-3-1-2-4-12(11)8-16-14/h1-4,13-14,16,18H,5-10H2/t13?,14-/m0/s1. The summed E-state index contributed by atoms with van der Waals surface area (Å²) < 4.78 is 5.39. The van der Waals surface area contributed by atoms with Gasteiger partial charge in [-0.05, 0) is 17.5 Å². The molecule has 2 aliphatic heterocycles. The number of benzene rings is 1. The predicted octanol–water partition coefficient (Wildman–Crippen LogP) is -0.0794. The van der Waals surface area contributed by atoms with Crippen LogP contribution in [0, 0.1) is 0 Å². The van der Waals surface area contributed by atoms with Gasteiger partial charge in [0.2, 0.25) is 5.91 Å². The van der Waals surface area contributed by atoms with Crippen LogP contribution in [-0.4, -0.2) is 54.4 Å². The van der Waals surface area contributed by atoms with Crippen molar-refractivity contribution in [2.45, 2.75) is 25.1 Å². The Morgan fingerprint density at radius 3 is 3.00 bits per heavy atom. The number of nitrogens with zero attached hydrogens (tertiary/aromatic N) is 1. The summed E-state index contributed by atoms with van der Waals surface area (Å²) in [7, 11) is 0. The number of fused-ring (bicyclic) bond motifs is 1. The van der Waals surface area contributed by atoms with E-state index in [4.69, 9.17) is 9.84 Å². The lowest BCUT2D eigenvalue weighted by molar-refractivity contribution is -0.142. The van der Waals surface area contributed by atoms with Gasteiger partial charge >= 0.3 is 0 Å². The van der Waals surface area contributed by atoms with Crippen LogP contribution in [0.1, 0.15) is 11.1 Å². The molecule has 1 aromatic rings. The van der Waals surface area contributed by atoms with Crippen LogP contribution >= 0.6 is 0 Å². The van der Waals surface area contributed by atoms with Gasteiger partial charge in [0, 0.05) is 19.6 Å². The molecule has 2 heterocycles. The Morgan fingerprint density at radius 2 is 2.20 bits per heavy atom. The number of nitrogens with one attached hydrogen (secondary N) is 1. The maximum Gasteiger partial charge on any atom is 0.240 e. The minimum absolute atomic E-state index is 0.0370. The Balaban J connectivity index is 1.67. The molecule has 5 heteroatoms. The van der Waals surface area contributed by atoms with Crippen LogP contribution < -0.4 is 5.32 Å². The van der Waals surface area contributed by atoms with Crippen molar-refractivity contribution in [3.8, 4) is 0 Å². The fourth-order valence-corrected chi connectivity index (χ4v) is 2.88. The number of carbonyl (C=O) groups excluding carboxylic acids is 1. The first-order valence-corrected chi connectivity index (χ1v) is 7.09. The minimum Gasteiger partial charge on any atom is -0.394 e. The summed E-state index contributed by atoms with van der Waals surface area (Å²) in [5, 5.41) is 12.5. The third-order valence-corrected chi connectivity index (χ3v) is 4.03. The second kappa shape index (κ2) is 5.91. The van der Waals surface area contributed by atoms with E-state index >= 15 is 0 Å². The van der Waals surface area contributed by atoms with Gasteiger partial charge in [-0.1, -0.05) is 24.3 Å². The van der Waals surface area contributed by atoms with Gasteiger partial charge in [-0.25, -0.2) is 0 Å². The Kier molecular flexibility index (Phi) is 4.00. The lowest BCUT2D eigenvalue weighted by Gasteiger charge is -2.36. The maximum atomic E-state index is 12.6. The second-order valence-corrected chi connectivity index (χ2v) is 5.37. The third-order valence-electron chi connectivity index (χ3n) is 4.03. The molecule has 20 heavy (non-hydrogen) atoms. The maximum absolute atomic E-state index is 12.6. The summed E-state index contributed by atoms with van der Waals surface area (Å²) in [5.41, 5.74) is 2.52. The highest BCUT2D eigenvalue weighted by Gasteiger charge is 2.31. The van der Waals surface area contributed by atoms with Gasteiger partial charge in [0.25, 0.3) is 0 Å². The van der Waals surface area contributed by atoms with Crippen LogP contribution in [0.15, 0.2) is 24.3 Å². The molecule has 5 nitrogen and oxygen atoms in total. The molecule has 2 atom stereocenters. The van der Waals surface area contributed by atoms with Crippen LogP contribution in [0.25, 0.3) is 0 Å². The quantitative estimate of drug-likeness (QED) is 0.793. The fraction of sp³-hybridized carbons (Fsp3) is 0.533. The van der Waals surface area contributed by atoms with E-state index in [2.05, 4.69) is 17.4 Å². The zero-order chi connectivity index (χ0) is 13.9. The van der Waals surface area contributed by atoms with Crippen molar-refractivity contribution in [2.24, 2.45) is 0 Å². The van der Waals surface area contributed by atoms with Gasteiger partial charge < -0.3 is 20.1 Å². The molecule has 0 saturated carbocycles. The predicted molar refractivity (Wildman–Crippen MR) is 74.2 cm³/mol. The summed E-state index contributed by atoms with van der Waals surface area (Å²) in [6, 6.07) is 8.06. The molecule has 2 N–H and O–H groups in total. The van der Waals surface area contributed by atoms with Gasteiger partial charge in [-0.2, -0.15) is 0 Å². The van der Waals surface area contributed by atoms with E-state index in [1.54, 1.807) is 4.90 Å². The summed E-state index contributed by atoms with van der Waals surface area (Å²) in [6.07, 6.45) is 0.486. The second-order valence-electron chi connectivity index (χ2n) is 5.37.